The second-order valence-corrected chi connectivity index (χ2v) is 6.53. The molecular weight excluding hydrogens is 238 g/mol. The van der Waals surface area contributed by atoms with Crippen LogP contribution in [0, 0.1) is 5.92 Å². The van der Waals surface area contributed by atoms with E-state index >= 15 is 0 Å². The summed E-state index contributed by atoms with van der Waals surface area (Å²) in [6.07, 6.45) is 10.3. The summed E-state index contributed by atoms with van der Waals surface area (Å²) in [5, 5.41) is 0. The van der Waals surface area contributed by atoms with Crippen LogP contribution in [-0.2, 0) is 4.74 Å². The van der Waals surface area contributed by atoms with Crippen LogP contribution in [0.1, 0.15) is 51.4 Å². The van der Waals surface area contributed by atoms with E-state index in [1.54, 1.807) is 0 Å². The minimum absolute atomic E-state index is 0.205. The first kappa shape index (κ1) is 15.2. The fraction of sp³-hybridized carbons (Fsp3) is 1.00. The largest absolute Gasteiger partial charge is 0.381 e. The molecule has 19 heavy (non-hydrogen) atoms. The predicted octanol–water partition coefficient (Wildman–Crippen LogP) is 1.90. The molecule has 3 N–H and O–H groups in total. The Morgan fingerprint density at radius 2 is 1.84 bits per heavy atom. The van der Waals surface area contributed by atoms with Crippen LogP contribution in [0.25, 0.3) is 0 Å². The lowest BCUT2D eigenvalue weighted by molar-refractivity contribution is -0.0129. The van der Waals surface area contributed by atoms with Gasteiger partial charge >= 0.3 is 0 Å². The van der Waals surface area contributed by atoms with E-state index < -0.39 is 0 Å². The number of hydrogen-bond acceptors (Lipinski definition) is 4. The van der Waals surface area contributed by atoms with Crippen molar-refractivity contribution in [2.75, 3.05) is 27.3 Å². The van der Waals surface area contributed by atoms with Gasteiger partial charge in [0, 0.05) is 24.1 Å². The van der Waals surface area contributed by atoms with Crippen molar-refractivity contribution in [1.29, 1.82) is 0 Å². The van der Waals surface area contributed by atoms with Gasteiger partial charge in [0.05, 0.1) is 6.61 Å². The zero-order valence-electron chi connectivity index (χ0n) is 12.7. The van der Waals surface area contributed by atoms with Gasteiger partial charge in [-0.2, -0.15) is 0 Å². The number of nitrogens with zero attached hydrogens (tertiary/aromatic N) is 1. The Balaban J connectivity index is 2.18. The van der Waals surface area contributed by atoms with Crippen molar-refractivity contribution in [3.05, 3.63) is 0 Å². The second-order valence-electron chi connectivity index (χ2n) is 6.53. The molecule has 2 fully saturated rings. The van der Waals surface area contributed by atoms with Crippen molar-refractivity contribution >= 4 is 0 Å². The van der Waals surface area contributed by atoms with Gasteiger partial charge in [-0.25, -0.2) is 0 Å². The summed E-state index contributed by atoms with van der Waals surface area (Å²) in [7, 11) is 4.44. The smallest absolute Gasteiger partial charge is 0.0510 e. The molecule has 0 aromatic rings. The highest BCUT2D eigenvalue weighted by molar-refractivity contribution is 5.02. The molecule has 0 aromatic carbocycles. The maximum atomic E-state index is 5.98. The number of rotatable bonds is 4. The number of likely N-dealkylation sites (N-methyl/N-ethyl adjacent to an activating group) is 1. The van der Waals surface area contributed by atoms with Gasteiger partial charge in [0.25, 0.3) is 0 Å². The second kappa shape index (κ2) is 7.02. The molecule has 0 aromatic heterocycles. The van der Waals surface area contributed by atoms with E-state index in [1.165, 1.54) is 51.4 Å². The first-order chi connectivity index (χ1) is 9.20. The summed E-state index contributed by atoms with van der Waals surface area (Å²) in [5.74, 6) is 6.53. The molecule has 2 atom stereocenters. The van der Waals surface area contributed by atoms with Crippen LogP contribution in [0.3, 0.4) is 0 Å². The van der Waals surface area contributed by atoms with Gasteiger partial charge in [-0.1, -0.05) is 25.7 Å². The van der Waals surface area contributed by atoms with Gasteiger partial charge in [0.2, 0.25) is 0 Å². The maximum Gasteiger partial charge on any atom is 0.0510 e. The number of hydrogen-bond donors (Lipinski definition) is 2. The Hall–Kier alpha value is -0.160. The van der Waals surface area contributed by atoms with Crippen LogP contribution >= 0.6 is 0 Å². The van der Waals surface area contributed by atoms with Crippen LogP contribution in [-0.4, -0.2) is 43.8 Å². The molecule has 0 bridgehead atoms. The lowest BCUT2D eigenvalue weighted by Crippen LogP contribution is -2.64. The molecule has 1 saturated carbocycles. The van der Waals surface area contributed by atoms with Crippen molar-refractivity contribution in [3.63, 3.8) is 0 Å². The summed E-state index contributed by atoms with van der Waals surface area (Å²) < 4.78 is 5.70. The predicted molar refractivity (Wildman–Crippen MR) is 78.8 cm³/mol. The Kier molecular flexibility index (Phi) is 5.63. The molecule has 4 nitrogen and oxygen atoms in total. The topological polar surface area (TPSA) is 50.5 Å². The fourth-order valence-corrected chi connectivity index (χ4v) is 4.14. The molecule has 1 saturated heterocycles. The van der Waals surface area contributed by atoms with Crippen molar-refractivity contribution in [3.8, 4) is 0 Å². The van der Waals surface area contributed by atoms with Crippen molar-refractivity contribution < 1.29 is 4.74 Å². The van der Waals surface area contributed by atoms with Crippen LogP contribution < -0.4 is 11.3 Å². The third kappa shape index (κ3) is 3.30. The van der Waals surface area contributed by atoms with Gasteiger partial charge in [-0.3, -0.25) is 11.3 Å². The highest BCUT2D eigenvalue weighted by Gasteiger charge is 2.44. The van der Waals surface area contributed by atoms with E-state index in [1.807, 2.05) is 0 Å². The number of nitrogens with one attached hydrogen (secondary N) is 1. The van der Waals surface area contributed by atoms with Gasteiger partial charge in [-0.15, -0.1) is 0 Å². The average molecular weight is 269 g/mol. The lowest BCUT2D eigenvalue weighted by atomic mass is 9.74. The van der Waals surface area contributed by atoms with Crippen LogP contribution in [0.15, 0.2) is 0 Å². The summed E-state index contributed by atoms with van der Waals surface area (Å²) in [6.45, 7) is 1.78. The number of hydrazine groups is 1. The van der Waals surface area contributed by atoms with Gasteiger partial charge < -0.3 is 9.64 Å². The van der Waals surface area contributed by atoms with Crippen LogP contribution in [0.4, 0.5) is 0 Å². The molecule has 2 aliphatic rings. The summed E-state index contributed by atoms with van der Waals surface area (Å²) >= 11 is 0. The number of ether oxygens (including phenoxy) is 1. The minimum atomic E-state index is 0.205. The van der Waals surface area contributed by atoms with E-state index in [-0.39, 0.29) is 5.54 Å². The Morgan fingerprint density at radius 3 is 2.32 bits per heavy atom. The Labute approximate surface area is 118 Å². The normalized spacial score (nSPS) is 30.0. The summed E-state index contributed by atoms with van der Waals surface area (Å²) in [5.41, 5.74) is 3.37. The van der Waals surface area contributed by atoms with E-state index in [9.17, 15) is 0 Å². The standard InChI is InChI=1S/C15H31N3O/c1-18(2)15(9-5-3-4-6-10-15)14(17-16)13-8-7-11-19-12-13/h13-14,17H,3-12,16H2,1-2H3. The fourth-order valence-electron chi connectivity index (χ4n) is 4.14. The Morgan fingerprint density at radius 1 is 1.16 bits per heavy atom. The van der Waals surface area contributed by atoms with Gasteiger partial charge in [0.1, 0.15) is 0 Å². The van der Waals surface area contributed by atoms with E-state index in [0.29, 0.717) is 12.0 Å². The highest BCUT2D eigenvalue weighted by atomic mass is 16.5. The molecule has 1 heterocycles. The molecule has 0 spiro atoms. The first-order valence-electron chi connectivity index (χ1n) is 7.92. The molecule has 4 heteroatoms. The SMILES string of the molecule is CN(C)C1(C(NN)C2CCCOC2)CCCCCC1. The monoisotopic (exact) mass is 269 g/mol. The molecular formula is C15H31N3O. The summed E-state index contributed by atoms with van der Waals surface area (Å²) in [6, 6.07) is 0.348. The van der Waals surface area contributed by atoms with Crippen molar-refractivity contribution in [2.45, 2.75) is 62.9 Å². The van der Waals surface area contributed by atoms with Crippen LogP contribution in [0.5, 0.6) is 0 Å². The molecule has 2 rings (SSSR count). The molecule has 112 valence electrons. The minimum Gasteiger partial charge on any atom is -0.381 e. The summed E-state index contributed by atoms with van der Waals surface area (Å²) in [4.78, 5) is 2.43. The average Bonchev–Trinajstić information content (AvgIpc) is 2.68. The zero-order chi connectivity index (χ0) is 13.7. The van der Waals surface area contributed by atoms with Crippen LogP contribution in [0.2, 0.25) is 0 Å². The third-order valence-corrected chi connectivity index (χ3v) is 5.29. The Bertz CT molecular complexity index is 256. The van der Waals surface area contributed by atoms with Gasteiger partial charge in [0.15, 0.2) is 0 Å². The van der Waals surface area contributed by atoms with E-state index in [0.717, 1.165) is 13.2 Å². The highest BCUT2D eigenvalue weighted by Crippen LogP contribution is 2.38. The van der Waals surface area contributed by atoms with E-state index in [4.69, 9.17) is 10.6 Å². The molecule has 1 aliphatic heterocycles. The zero-order valence-corrected chi connectivity index (χ0v) is 12.7. The van der Waals surface area contributed by atoms with Crippen molar-refractivity contribution in [1.82, 2.24) is 10.3 Å². The quantitative estimate of drug-likeness (QED) is 0.465. The third-order valence-electron chi connectivity index (χ3n) is 5.29. The molecule has 0 radical (unpaired) electrons. The van der Waals surface area contributed by atoms with Crippen molar-refractivity contribution in [2.24, 2.45) is 11.8 Å². The first-order valence-corrected chi connectivity index (χ1v) is 7.92. The molecule has 2 unspecified atom stereocenters. The van der Waals surface area contributed by atoms with E-state index in [2.05, 4.69) is 24.4 Å². The lowest BCUT2D eigenvalue weighted by Gasteiger charge is -2.49. The molecule has 0 amide bonds. The number of nitrogens with two attached hydrogens (primary N) is 1. The molecule has 1 aliphatic carbocycles. The van der Waals surface area contributed by atoms with Gasteiger partial charge in [-0.05, 0) is 39.8 Å². The maximum absolute atomic E-state index is 5.98.